The van der Waals surface area contributed by atoms with E-state index < -0.39 is 0 Å². The second-order valence-corrected chi connectivity index (χ2v) is 9.08. The molecule has 34 heavy (non-hydrogen) atoms. The second-order valence-electron chi connectivity index (χ2n) is 7.23. The minimum atomic E-state index is -0.239. The van der Waals surface area contributed by atoms with Gasteiger partial charge in [-0.1, -0.05) is 45.9 Å². The van der Waals surface area contributed by atoms with Crippen LogP contribution in [0.5, 0.6) is 0 Å². The molecule has 0 aliphatic carbocycles. The standard InChI is InChI=1S/C24H18BrN7OS/c25-18-5-7-19(8-6-18)32-23(16-9-11-26-12-10-16)30-31-24(32)34-15-22(33)29-28-14-17-13-27-21-4-2-1-3-20(17)21/h1-14,27H,15H2,(H,29,33)/b28-14+. The molecule has 2 aromatic carbocycles. The number of aromatic amines is 1. The Labute approximate surface area is 207 Å². The lowest BCUT2D eigenvalue weighted by molar-refractivity contribution is -0.118. The van der Waals surface area contributed by atoms with Gasteiger partial charge in [-0.05, 0) is 42.5 Å². The van der Waals surface area contributed by atoms with E-state index in [9.17, 15) is 4.79 Å². The third-order valence-corrected chi connectivity index (χ3v) is 6.46. The molecule has 0 saturated carbocycles. The zero-order chi connectivity index (χ0) is 23.3. The number of carbonyl (C=O) groups is 1. The van der Waals surface area contributed by atoms with E-state index in [4.69, 9.17) is 0 Å². The second kappa shape index (κ2) is 10.0. The number of carbonyl (C=O) groups excluding carboxylic acids is 1. The van der Waals surface area contributed by atoms with E-state index in [2.05, 4.69) is 46.6 Å². The van der Waals surface area contributed by atoms with Gasteiger partial charge in [-0.15, -0.1) is 10.2 Å². The van der Waals surface area contributed by atoms with Crippen LogP contribution in [0, 0.1) is 0 Å². The molecule has 3 heterocycles. The van der Waals surface area contributed by atoms with Crippen molar-refractivity contribution in [3.63, 3.8) is 0 Å². The molecule has 0 atom stereocenters. The molecule has 1 amide bonds. The molecule has 0 aliphatic rings. The number of benzene rings is 2. The lowest BCUT2D eigenvalue weighted by atomic mass is 10.2. The number of H-pyrrole nitrogens is 1. The minimum Gasteiger partial charge on any atom is -0.361 e. The first-order valence-corrected chi connectivity index (χ1v) is 12.1. The largest absolute Gasteiger partial charge is 0.361 e. The van der Waals surface area contributed by atoms with E-state index in [1.54, 1.807) is 18.6 Å². The van der Waals surface area contributed by atoms with Crippen molar-refractivity contribution in [2.45, 2.75) is 5.16 Å². The molecule has 0 saturated heterocycles. The van der Waals surface area contributed by atoms with Crippen LogP contribution in [0.1, 0.15) is 5.56 Å². The average molecular weight is 532 g/mol. The summed E-state index contributed by atoms with van der Waals surface area (Å²) in [6.45, 7) is 0. The lowest BCUT2D eigenvalue weighted by Gasteiger charge is -2.10. The molecule has 5 rings (SSSR count). The number of fused-ring (bicyclic) bond motifs is 1. The van der Waals surface area contributed by atoms with Crippen molar-refractivity contribution in [3.8, 4) is 17.1 Å². The summed E-state index contributed by atoms with van der Waals surface area (Å²) >= 11 is 4.76. The molecule has 2 N–H and O–H groups in total. The monoisotopic (exact) mass is 531 g/mol. The Balaban J connectivity index is 1.31. The molecule has 0 radical (unpaired) electrons. The summed E-state index contributed by atoms with van der Waals surface area (Å²) in [6, 6.07) is 19.5. The average Bonchev–Trinajstić information content (AvgIpc) is 3.48. The first kappa shape index (κ1) is 22.1. The van der Waals surface area contributed by atoms with Crippen LogP contribution < -0.4 is 5.43 Å². The van der Waals surface area contributed by atoms with Crippen LogP contribution in [0.15, 0.2) is 94.0 Å². The van der Waals surface area contributed by atoms with Crippen molar-refractivity contribution in [1.29, 1.82) is 0 Å². The fraction of sp³-hybridized carbons (Fsp3) is 0.0417. The highest BCUT2D eigenvalue weighted by atomic mass is 79.9. The predicted molar refractivity (Wildman–Crippen MR) is 137 cm³/mol. The summed E-state index contributed by atoms with van der Waals surface area (Å²) in [7, 11) is 0. The lowest BCUT2D eigenvalue weighted by Crippen LogP contribution is -2.20. The summed E-state index contributed by atoms with van der Waals surface area (Å²) in [5.41, 5.74) is 6.27. The van der Waals surface area contributed by atoms with Gasteiger partial charge in [0, 0.05) is 50.8 Å². The van der Waals surface area contributed by atoms with Crippen molar-refractivity contribution in [3.05, 3.63) is 89.3 Å². The number of halogens is 1. The zero-order valence-electron chi connectivity index (χ0n) is 17.7. The summed E-state index contributed by atoms with van der Waals surface area (Å²) in [5, 5.41) is 14.5. The number of rotatable bonds is 7. The number of aromatic nitrogens is 5. The number of nitrogens with zero attached hydrogens (tertiary/aromatic N) is 5. The highest BCUT2D eigenvalue weighted by molar-refractivity contribution is 9.10. The number of para-hydroxylation sites is 1. The quantitative estimate of drug-likeness (QED) is 0.178. The van der Waals surface area contributed by atoms with Crippen LogP contribution in [0.25, 0.3) is 28.0 Å². The van der Waals surface area contributed by atoms with Crippen molar-refractivity contribution in [2.75, 3.05) is 5.75 Å². The van der Waals surface area contributed by atoms with Gasteiger partial charge in [0.15, 0.2) is 11.0 Å². The van der Waals surface area contributed by atoms with Gasteiger partial charge in [0.2, 0.25) is 0 Å². The number of pyridine rings is 1. The van der Waals surface area contributed by atoms with Gasteiger partial charge in [-0.3, -0.25) is 14.3 Å². The van der Waals surface area contributed by atoms with Crippen LogP contribution in [-0.4, -0.2) is 42.6 Å². The van der Waals surface area contributed by atoms with Gasteiger partial charge in [-0.25, -0.2) is 5.43 Å². The molecule has 8 nitrogen and oxygen atoms in total. The van der Waals surface area contributed by atoms with Gasteiger partial charge in [0.25, 0.3) is 5.91 Å². The number of hydrogen-bond acceptors (Lipinski definition) is 6. The first-order chi connectivity index (χ1) is 16.7. The van der Waals surface area contributed by atoms with E-state index >= 15 is 0 Å². The Kier molecular flexibility index (Phi) is 6.50. The Morgan fingerprint density at radius 2 is 1.88 bits per heavy atom. The van der Waals surface area contributed by atoms with E-state index in [1.807, 2.05) is 71.4 Å². The molecule has 3 aromatic heterocycles. The summed E-state index contributed by atoms with van der Waals surface area (Å²) in [5.74, 6) is 0.567. The molecule has 0 fully saturated rings. The van der Waals surface area contributed by atoms with Crippen molar-refractivity contribution >= 4 is 50.7 Å². The number of thioether (sulfide) groups is 1. The van der Waals surface area contributed by atoms with Gasteiger partial charge in [0.05, 0.1) is 12.0 Å². The van der Waals surface area contributed by atoms with Crippen molar-refractivity contribution in [2.24, 2.45) is 5.10 Å². The Hall–Kier alpha value is -3.76. The highest BCUT2D eigenvalue weighted by Gasteiger charge is 2.17. The molecule has 5 aromatic rings. The smallest absolute Gasteiger partial charge is 0.250 e. The van der Waals surface area contributed by atoms with E-state index in [-0.39, 0.29) is 11.7 Å². The fourth-order valence-electron chi connectivity index (χ4n) is 3.41. The molecule has 0 bridgehead atoms. The summed E-state index contributed by atoms with van der Waals surface area (Å²) < 4.78 is 2.89. The highest BCUT2D eigenvalue weighted by Crippen LogP contribution is 2.28. The molecular weight excluding hydrogens is 514 g/mol. The maximum absolute atomic E-state index is 12.5. The van der Waals surface area contributed by atoms with E-state index in [1.165, 1.54) is 11.8 Å². The third-order valence-electron chi connectivity index (χ3n) is 5.00. The first-order valence-electron chi connectivity index (χ1n) is 10.3. The van der Waals surface area contributed by atoms with Crippen LogP contribution >= 0.6 is 27.7 Å². The predicted octanol–water partition coefficient (Wildman–Crippen LogP) is 4.82. The van der Waals surface area contributed by atoms with Crippen LogP contribution in [0.3, 0.4) is 0 Å². The SMILES string of the molecule is O=C(CSc1nnc(-c2ccncc2)n1-c1ccc(Br)cc1)N/N=C/c1c[nH]c2ccccc12. The molecule has 0 unspecified atom stereocenters. The van der Waals surface area contributed by atoms with Gasteiger partial charge in [0.1, 0.15) is 0 Å². The van der Waals surface area contributed by atoms with Gasteiger partial charge >= 0.3 is 0 Å². The topological polar surface area (TPSA) is 101 Å². The number of hydrazone groups is 1. The summed E-state index contributed by atoms with van der Waals surface area (Å²) in [6.07, 6.45) is 6.91. The third kappa shape index (κ3) is 4.78. The fourth-order valence-corrected chi connectivity index (χ4v) is 4.42. The molecule has 0 aliphatic heterocycles. The van der Waals surface area contributed by atoms with Gasteiger partial charge < -0.3 is 4.98 Å². The Bertz CT molecular complexity index is 1460. The molecule has 0 spiro atoms. The normalized spacial score (nSPS) is 11.3. The van der Waals surface area contributed by atoms with E-state index in [0.29, 0.717) is 11.0 Å². The van der Waals surface area contributed by atoms with Gasteiger partial charge in [-0.2, -0.15) is 5.10 Å². The van der Waals surface area contributed by atoms with Crippen molar-refractivity contribution < 1.29 is 4.79 Å². The van der Waals surface area contributed by atoms with Crippen molar-refractivity contribution in [1.82, 2.24) is 30.2 Å². The maximum atomic E-state index is 12.5. The number of amides is 1. The minimum absolute atomic E-state index is 0.135. The molecule has 168 valence electrons. The number of nitrogens with one attached hydrogen (secondary N) is 2. The van der Waals surface area contributed by atoms with Crippen LogP contribution in [0.4, 0.5) is 0 Å². The summed E-state index contributed by atoms with van der Waals surface area (Å²) in [4.78, 5) is 19.7. The van der Waals surface area contributed by atoms with Crippen LogP contribution in [-0.2, 0) is 4.79 Å². The van der Waals surface area contributed by atoms with E-state index in [0.717, 1.165) is 32.2 Å². The number of hydrogen-bond donors (Lipinski definition) is 2. The van der Waals surface area contributed by atoms with Crippen LogP contribution in [0.2, 0.25) is 0 Å². The molecular formula is C24H18BrN7OS. The molecule has 10 heteroatoms. The Morgan fingerprint density at radius 1 is 1.09 bits per heavy atom. The zero-order valence-corrected chi connectivity index (χ0v) is 20.1. The maximum Gasteiger partial charge on any atom is 0.250 e. The Morgan fingerprint density at radius 3 is 2.71 bits per heavy atom.